The first kappa shape index (κ1) is 18.2. The van der Waals surface area contributed by atoms with Gasteiger partial charge in [0.2, 0.25) is 5.56 Å². The van der Waals surface area contributed by atoms with Crippen LogP contribution in [0.15, 0.2) is 59.7 Å². The number of carbonyl (C=O) groups excluding carboxylic acids is 1. The summed E-state index contributed by atoms with van der Waals surface area (Å²) in [5.41, 5.74) is 4.74. The number of hydrogen-bond acceptors (Lipinski definition) is 4. The quantitative estimate of drug-likeness (QED) is 0.731. The number of halogens is 3. The number of aromatic amines is 1. The van der Waals surface area contributed by atoms with E-state index in [0.717, 1.165) is 18.3 Å². The maximum Gasteiger partial charge on any atom is 0.433 e. The number of hydrogen-bond donors (Lipinski definition) is 2. The fourth-order valence-electron chi connectivity index (χ4n) is 2.41. The van der Waals surface area contributed by atoms with Crippen molar-refractivity contribution >= 4 is 5.91 Å². The average Bonchev–Trinajstić information content (AvgIpc) is 2.61. The lowest BCUT2D eigenvalue weighted by Crippen LogP contribution is -2.13. The number of primary amides is 1. The molecule has 9 heteroatoms. The summed E-state index contributed by atoms with van der Waals surface area (Å²) in [7, 11) is 0. The molecular formula is C18H12F3N3O3. The zero-order chi connectivity index (χ0) is 19.6. The molecule has 2 aromatic heterocycles. The highest BCUT2D eigenvalue weighted by atomic mass is 19.4. The Balaban J connectivity index is 2.08. The van der Waals surface area contributed by atoms with E-state index in [-0.39, 0.29) is 22.6 Å². The Morgan fingerprint density at radius 3 is 2.52 bits per heavy atom. The van der Waals surface area contributed by atoms with Crippen molar-refractivity contribution in [2.75, 3.05) is 0 Å². The van der Waals surface area contributed by atoms with Crippen LogP contribution in [-0.2, 0) is 6.18 Å². The standard InChI is InChI=1S/C18H12F3N3O3/c19-18(20,21)14-5-4-11(9-24-14)27-16-12(2-1-3-13(16)17(22)26)10-6-7-23-15(25)8-10/h1-9H,(H2,22,26)(H,23,25). The van der Waals surface area contributed by atoms with Crippen LogP contribution >= 0.6 is 0 Å². The highest BCUT2D eigenvalue weighted by molar-refractivity contribution is 5.98. The van der Waals surface area contributed by atoms with Crippen molar-refractivity contribution < 1.29 is 22.7 Å². The van der Waals surface area contributed by atoms with Crippen molar-refractivity contribution in [1.82, 2.24) is 9.97 Å². The van der Waals surface area contributed by atoms with E-state index in [2.05, 4.69) is 9.97 Å². The molecule has 0 radical (unpaired) electrons. The lowest BCUT2D eigenvalue weighted by Gasteiger charge is -2.14. The zero-order valence-electron chi connectivity index (χ0n) is 13.6. The van der Waals surface area contributed by atoms with Crippen molar-refractivity contribution in [2.24, 2.45) is 5.73 Å². The van der Waals surface area contributed by atoms with Crippen LogP contribution in [-0.4, -0.2) is 15.9 Å². The molecule has 0 saturated heterocycles. The van der Waals surface area contributed by atoms with Crippen molar-refractivity contribution in [2.45, 2.75) is 6.18 Å². The van der Waals surface area contributed by atoms with Gasteiger partial charge in [-0.1, -0.05) is 12.1 Å². The Morgan fingerprint density at radius 1 is 1.15 bits per heavy atom. The molecule has 1 amide bonds. The highest BCUT2D eigenvalue weighted by Gasteiger charge is 2.32. The van der Waals surface area contributed by atoms with Crippen molar-refractivity contribution in [3.05, 3.63) is 76.5 Å². The number of amides is 1. The van der Waals surface area contributed by atoms with Gasteiger partial charge in [-0.25, -0.2) is 4.98 Å². The van der Waals surface area contributed by atoms with Crippen LogP contribution in [0.5, 0.6) is 11.5 Å². The van der Waals surface area contributed by atoms with Crippen LogP contribution in [0.2, 0.25) is 0 Å². The first-order chi connectivity index (χ1) is 12.8. The molecule has 0 aliphatic rings. The molecule has 0 bridgehead atoms. The van der Waals surface area contributed by atoms with Gasteiger partial charge in [-0.3, -0.25) is 9.59 Å². The number of rotatable bonds is 4. The number of carbonyl (C=O) groups is 1. The van der Waals surface area contributed by atoms with E-state index in [0.29, 0.717) is 11.1 Å². The minimum absolute atomic E-state index is 0.00711. The second-order valence-corrected chi connectivity index (χ2v) is 5.47. The monoisotopic (exact) mass is 375 g/mol. The Bertz CT molecular complexity index is 1040. The van der Waals surface area contributed by atoms with Gasteiger partial charge in [-0.15, -0.1) is 0 Å². The van der Waals surface area contributed by atoms with Gasteiger partial charge in [0, 0.05) is 17.8 Å². The number of aromatic nitrogens is 2. The fourth-order valence-corrected chi connectivity index (χ4v) is 2.41. The minimum Gasteiger partial charge on any atom is -0.454 e. The number of benzene rings is 1. The van der Waals surface area contributed by atoms with Gasteiger partial charge in [-0.2, -0.15) is 13.2 Å². The molecule has 0 aliphatic carbocycles. The number of nitrogens with two attached hydrogens (primary N) is 1. The summed E-state index contributed by atoms with van der Waals surface area (Å²) >= 11 is 0. The number of pyridine rings is 2. The summed E-state index contributed by atoms with van der Waals surface area (Å²) in [5, 5.41) is 0. The topological polar surface area (TPSA) is 98.1 Å². The molecule has 0 saturated carbocycles. The lowest BCUT2D eigenvalue weighted by atomic mass is 10.0. The van der Waals surface area contributed by atoms with Gasteiger partial charge in [0.1, 0.15) is 17.2 Å². The molecule has 3 N–H and O–H groups in total. The van der Waals surface area contributed by atoms with Crippen molar-refractivity contribution in [3.8, 4) is 22.6 Å². The molecular weight excluding hydrogens is 363 g/mol. The third kappa shape index (κ3) is 3.97. The van der Waals surface area contributed by atoms with Gasteiger partial charge in [0.25, 0.3) is 5.91 Å². The summed E-state index contributed by atoms with van der Waals surface area (Å²) < 4.78 is 43.5. The predicted octanol–water partition coefficient (Wildman–Crippen LogP) is 3.35. The maximum atomic E-state index is 12.6. The molecule has 3 rings (SSSR count). The molecule has 0 aliphatic heterocycles. The Morgan fingerprint density at radius 2 is 1.93 bits per heavy atom. The largest absolute Gasteiger partial charge is 0.454 e. The number of nitrogens with zero attached hydrogens (tertiary/aromatic N) is 1. The summed E-state index contributed by atoms with van der Waals surface area (Å²) in [6.07, 6.45) is -2.28. The summed E-state index contributed by atoms with van der Waals surface area (Å²) in [6.45, 7) is 0. The Kier molecular flexibility index (Phi) is 4.68. The second-order valence-electron chi connectivity index (χ2n) is 5.47. The molecule has 0 fully saturated rings. The number of para-hydroxylation sites is 1. The molecule has 3 aromatic rings. The fraction of sp³-hybridized carbons (Fsp3) is 0.0556. The van der Waals surface area contributed by atoms with Gasteiger partial charge >= 0.3 is 6.18 Å². The normalized spacial score (nSPS) is 11.2. The van der Waals surface area contributed by atoms with E-state index in [4.69, 9.17) is 10.5 Å². The number of ether oxygens (including phenoxy) is 1. The second kappa shape index (κ2) is 6.94. The molecule has 0 unspecified atom stereocenters. The van der Waals surface area contributed by atoms with E-state index >= 15 is 0 Å². The highest BCUT2D eigenvalue weighted by Crippen LogP contribution is 2.36. The van der Waals surface area contributed by atoms with Gasteiger partial charge < -0.3 is 15.5 Å². The van der Waals surface area contributed by atoms with Crippen LogP contribution in [0.25, 0.3) is 11.1 Å². The van der Waals surface area contributed by atoms with Crippen LogP contribution in [0.1, 0.15) is 16.1 Å². The van der Waals surface area contributed by atoms with Crippen molar-refractivity contribution in [1.29, 1.82) is 0 Å². The summed E-state index contributed by atoms with van der Waals surface area (Å²) in [5.74, 6) is -0.809. The third-order valence-electron chi connectivity index (χ3n) is 3.61. The molecule has 2 heterocycles. The molecule has 1 aromatic carbocycles. The minimum atomic E-state index is -4.58. The molecule has 0 atom stereocenters. The van der Waals surface area contributed by atoms with Crippen molar-refractivity contribution in [3.63, 3.8) is 0 Å². The van der Waals surface area contributed by atoms with E-state index in [1.807, 2.05) is 0 Å². The van der Waals surface area contributed by atoms with E-state index < -0.39 is 17.8 Å². The van der Waals surface area contributed by atoms with Gasteiger partial charge in [0.05, 0.1) is 11.8 Å². The van der Waals surface area contributed by atoms with Crippen LogP contribution in [0.3, 0.4) is 0 Å². The Hall–Kier alpha value is -3.62. The van der Waals surface area contributed by atoms with E-state index in [1.54, 1.807) is 18.2 Å². The maximum absolute atomic E-state index is 12.6. The number of H-pyrrole nitrogens is 1. The van der Waals surface area contributed by atoms with Gasteiger partial charge in [0.15, 0.2) is 0 Å². The van der Waals surface area contributed by atoms with E-state index in [9.17, 15) is 22.8 Å². The first-order valence-electron chi connectivity index (χ1n) is 7.59. The smallest absolute Gasteiger partial charge is 0.433 e. The van der Waals surface area contributed by atoms with Gasteiger partial charge in [-0.05, 0) is 29.8 Å². The van der Waals surface area contributed by atoms with E-state index in [1.165, 1.54) is 18.3 Å². The lowest BCUT2D eigenvalue weighted by molar-refractivity contribution is -0.141. The van der Waals surface area contributed by atoms with Crippen LogP contribution in [0, 0.1) is 0 Å². The predicted molar refractivity (Wildman–Crippen MR) is 90.3 cm³/mol. The van der Waals surface area contributed by atoms with Crippen LogP contribution in [0.4, 0.5) is 13.2 Å². The average molecular weight is 375 g/mol. The SMILES string of the molecule is NC(=O)c1cccc(-c2cc[nH]c(=O)c2)c1Oc1ccc(C(F)(F)F)nc1. The Labute approximate surface area is 150 Å². The third-order valence-corrected chi connectivity index (χ3v) is 3.61. The van der Waals surface area contributed by atoms with Crippen LogP contribution < -0.4 is 16.0 Å². The molecule has 27 heavy (non-hydrogen) atoms. The summed E-state index contributed by atoms with van der Waals surface area (Å²) in [6, 6.07) is 9.26. The number of nitrogens with one attached hydrogen (secondary N) is 1. The summed E-state index contributed by atoms with van der Waals surface area (Å²) in [4.78, 5) is 29.1. The number of alkyl halides is 3. The molecule has 0 spiro atoms. The molecule has 138 valence electrons. The molecule has 6 nitrogen and oxygen atoms in total. The zero-order valence-corrected chi connectivity index (χ0v) is 13.6. The first-order valence-corrected chi connectivity index (χ1v) is 7.59.